The average molecular weight is 194 g/mol. The van der Waals surface area contributed by atoms with E-state index in [1.54, 1.807) is 19.4 Å². The van der Waals surface area contributed by atoms with E-state index in [1.165, 1.54) is 7.11 Å². The number of nitrogens with one attached hydrogen (secondary N) is 1. The number of rotatable bonds is 4. The number of methoxy groups -OCH3 is 1. The number of aromatic nitrogens is 1. The number of carbonyl (C=O) groups excluding carboxylic acids is 1. The van der Waals surface area contributed by atoms with Gasteiger partial charge in [-0.05, 0) is 25.1 Å². The van der Waals surface area contributed by atoms with Gasteiger partial charge < -0.3 is 10.1 Å². The van der Waals surface area contributed by atoms with Crippen LogP contribution in [0, 0.1) is 0 Å². The van der Waals surface area contributed by atoms with Crippen molar-refractivity contribution in [2.24, 2.45) is 0 Å². The topological polar surface area (TPSA) is 51.2 Å². The molecule has 0 saturated heterocycles. The summed E-state index contributed by atoms with van der Waals surface area (Å²) >= 11 is 0. The van der Waals surface area contributed by atoms with Gasteiger partial charge in [-0.1, -0.05) is 6.07 Å². The van der Waals surface area contributed by atoms with Gasteiger partial charge in [-0.2, -0.15) is 0 Å². The zero-order valence-electron chi connectivity index (χ0n) is 8.36. The summed E-state index contributed by atoms with van der Waals surface area (Å²) in [6, 6.07) is 3.48. The molecule has 1 aromatic rings. The van der Waals surface area contributed by atoms with Gasteiger partial charge in [0, 0.05) is 12.4 Å². The first-order valence-electron chi connectivity index (χ1n) is 4.42. The van der Waals surface area contributed by atoms with Crippen molar-refractivity contribution in [2.75, 3.05) is 14.2 Å². The van der Waals surface area contributed by atoms with Crippen LogP contribution in [0.25, 0.3) is 0 Å². The van der Waals surface area contributed by atoms with Crippen molar-refractivity contribution < 1.29 is 9.53 Å². The Morgan fingerprint density at radius 2 is 2.50 bits per heavy atom. The van der Waals surface area contributed by atoms with E-state index in [0.717, 1.165) is 5.56 Å². The van der Waals surface area contributed by atoms with Crippen molar-refractivity contribution in [2.45, 2.75) is 12.5 Å². The van der Waals surface area contributed by atoms with Crippen molar-refractivity contribution >= 4 is 5.97 Å². The highest BCUT2D eigenvalue weighted by molar-refractivity contribution is 5.75. The number of esters is 1. The molecule has 1 rings (SSSR count). The van der Waals surface area contributed by atoms with E-state index in [1.807, 2.05) is 12.1 Å². The number of nitrogens with zero attached hydrogens (tertiary/aromatic N) is 1. The summed E-state index contributed by atoms with van der Waals surface area (Å²) in [5.41, 5.74) is 1.01. The molecule has 0 spiro atoms. The van der Waals surface area contributed by atoms with Gasteiger partial charge in [0.25, 0.3) is 0 Å². The number of likely N-dealkylation sites (N-methyl/N-ethyl adjacent to an activating group) is 1. The highest BCUT2D eigenvalue weighted by Crippen LogP contribution is 2.02. The van der Waals surface area contributed by atoms with E-state index in [2.05, 4.69) is 15.0 Å². The third-order valence-corrected chi connectivity index (χ3v) is 2.00. The van der Waals surface area contributed by atoms with E-state index in [9.17, 15) is 4.79 Å². The van der Waals surface area contributed by atoms with Gasteiger partial charge >= 0.3 is 5.97 Å². The quantitative estimate of drug-likeness (QED) is 0.704. The summed E-state index contributed by atoms with van der Waals surface area (Å²) in [6.45, 7) is 0. The molecule has 0 radical (unpaired) electrons. The maximum atomic E-state index is 11.2. The molecular formula is C10H14N2O2. The molecule has 0 fully saturated rings. The van der Waals surface area contributed by atoms with Gasteiger partial charge in [-0.15, -0.1) is 0 Å². The van der Waals surface area contributed by atoms with Crippen molar-refractivity contribution in [3.8, 4) is 0 Å². The Hall–Kier alpha value is -1.42. The Kier molecular flexibility index (Phi) is 4.07. The van der Waals surface area contributed by atoms with Gasteiger partial charge in [-0.3, -0.25) is 9.78 Å². The van der Waals surface area contributed by atoms with Gasteiger partial charge in [0.1, 0.15) is 6.04 Å². The minimum absolute atomic E-state index is 0.253. The van der Waals surface area contributed by atoms with Crippen LogP contribution in [0.4, 0.5) is 0 Å². The molecule has 0 bridgehead atoms. The van der Waals surface area contributed by atoms with Crippen molar-refractivity contribution in [1.82, 2.24) is 10.3 Å². The van der Waals surface area contributed by atoms with Crippen molar-refractivity contribution in [3.63, 3.8) is 0 Å². The van der Waals surface area contributed by atoms with Gasteiger partial charge in [-0.25, -0.2) is 0 Å². The van der Waals surface area contributed by atoms with Gasteiger partial charge in [0.05, 0.1) is 7.11 Å². The lowest BCUT2D eigenvalue weighted by Crippen LogP contribution is -2.36. The molecule has 76 valence electrons. The van der Waals surface area contributed by atoms with E-state index in [-0.39, 0.29) is 12.0 Å². The standard InChI is InChI=1S/C10H14N2O2/c1-11-9(10(13)14-2)6-8-4-3-5-12-7-8/h3-5,7,9,11H,6H2,1-2H3. The molecule has 0 saturated carbocycles. The zero-order chi connectivity index (χ0) is 10.4. The smallest absolute Gasteiger partial charge is 0.323 e. The fourth-order valence-electron chi connectivity index (χ4n) is 1.20. The minimum atomic E-state index is -0.302. The fraction of sp³-hybridized carbons (Fsp3) is 0.400. The van der Waals surface area contributed by atoms with Crippen LogP contribution in [0.1, 0.15) is 5.56 Å². The maximum Gasteiger partial charge on any atom is 0.323 e. The first-order valence-corrected chi connectivity index (χ1v) is 4.42. The Bertz CT molecular complexity index is 287. The fourth-order valence-corrected chi connectivity index (χ4v) is 1.20. The summed E-state index contributed by atoms with van der Waals surface area (Å²) in [4.78, 5) is 15.2. The highest BCUT2D eigenvalue weighted by Gasteiger charge is 2.16. The SMILES string of the molecule is CNC(Cc1cccnc1)C(=O)OC. The number of carbonyl (C=O) groups is 1. The van der Waals surface area contributed by atoms with E-state index < -0.39 is 0 Å². The Balaban J connectivity index is 2.62. The summed E-state index contributed by atoms with van der Waals surface area (Å²) < 4.78 is 4.65. The molecule has 4 nitrogen and oxygen atoms in total. The summed E-state index contributed by atoms with van der Waals surface area (Å²) in [7, 11) is 3.12. The predicted octanol–water partition coefficient (Wildman–Crippen LogP) is 0.385. The molecule has 0 amide bonds. The third kappa shape index (κ3) is 2.81. The van der Waals surface area contributed by atoms with Gasteiger partial charge in [0.2, 0.25) is 0 Å². The van der Waals surface area contributed by atoms with E-state index in [4.69, 9.17) is 0 Å². The molecule has 1 atom stereocenters. The van der Waals surface area contributed by atoms with Crippen molar-refractivity contribution in [3.05, 3.63) is 30.1 Å². The van der Waals surface area contributed by atoms with Crippen LogP contribution in [0.3, 0.4) is 0 Å². The second-order valence-electron chi connectivity index (χ2n) is 2.93. The largest absolute Gasteiger partial charge is 0.468 e. The first kappa shape index (κ1) is 10.7. The molecule has 1 aromatic heterocycles. The number of hydrogen-bond donors (Lipinski definition) is 1. The molecule has 0 aromatic carbocycles. The molecule has 14 heavy (non-hydrogen) atoms. The summed E-state index contributed by atoms with van der Waals surface area (Å²) in [5.74, 6) is -0.253. The lowest BCUT2D eigenvalue weighted by molar-refractivity contribution is -0.142. The maximum absolute atomic E-state index is 11.2. The molecule has 0 aliphatic heterocycles. The Morgan fingerprint density at radius 1 is 1.71 bits per heavy atom. The number of ether oxygens (including phenoxy) is 1. The molecular weight excluding hydrogens is 180 g/mol. The van der Waals surface area contributed by atoms with Crippen LogP contribution >= 0.6 is 0 Å². The second-order valence-corrected chi connectivity index (χ2v) is 2.93. The lowest BCUT2D eigenvalue weighted by Gasteiger charge is -2.12. The number of pyridine rings is 1. The zero-order valence-corrected chi connectivity index (χ0v) is 8.36. The van der Waals surface area contributed by atoms with Gasteiger partial charge in [0.15, 0.2) is 0 Å². The van der Waals surface area contributed by atoms with Crippen LogP contribution < -0.4 is 5.32 Å². The molecule has 4 heteroatoms. The average Bonchev–Trinajstić information content (AvgIpc) is 2.26. The van der Waals surface area contributed by atoms with Crippen LogP contribution in [0.15, 0.2) is 24.5 Å². The van der Waals surface area contributed by atoms with Crippen LogP contribution in [-0.2, 0) is 16.0 Å². The summed E-state index contributed by atoms with van der Waals surface area (Å²) in [6.07, 6.45) is 4.04. The Labute approximate surface area is 83.3 Å². The minimum Gasteiger partial charge on any atom is -0.468 e. The molecule has 1 heterocycles. The van der Waals surface area contributed by atoms with E-state index >= 15 is 0 Å². The molecule has 0 aliphatic carbocycles. The van der Waals surface area contributed by atoms with E-state index in [0.29, 0.717) is 6.42 Å². The molecule has 1 N–H and O–H groups in total. The molecule has 1 unspecified atom stereocenters. The number of hydrogen-bond acceptors (Lipinski definition) is 4. The monoisotopic (exact) mass is 194 g/mol. The first-order chi connectivity index (χ1) is 6.77. The normalized spacial score (nSPS) is 12.1. The van der Waals surface area contributed by atoms with Crippen LogP contribution in [-0.4, -0.2) is 31.2 Å². The third-order valence-electron chi connectivity index (χ3n) is 2.00. The van der Waals surface area contributed by atoms with Crippen LogP contribution in [0.2, 0.25) is 0 Å². The Morgan fingerprint density at radius 3 is 3.00 bits per heavy atom. The predicted molar refractivity (Wildman–Crippen MR) is 52.8 cm³/mol. The van der Waals surface area contributed by atoms with Crippen molar-refractivity contribution in [1.29, 1.82) is 0 Å². The lowest BCUT2D eigenvalue weighted by atomic mass is 10.1. The summed E-state index contributed by atoms with van der Waals surface area (Å²) in [5, 5.41) is 2.90. The highest BCUT2D eigenvalue weighted by atomic mass is 16.5. The molecule has 0 aliphatic rings. The second kappa shape index (κ2) is 5.34. The van der Waals surface area contributed by atoms with Crippen LogP contribution in [0.5, 0.6) is 0 Å².